The number of nitrogens with one attached hydrogen (secondary N) is 1. The molecule has 4 nitrogen and oxygen atoms in total. The highest BCUT2D eigenvalue weighted by Gasteiger charge is 2.54. The molecule has 0 aliphatic heterocycles. The SMILES string of the molecule is CC1(C)CCC(Cc2ccc(Cl)cc2)C1(O)Cn1[nH]cnc1=S. The highest BCUT2D eigenvalue weighted by atomic mass is 35.5. The van der Waals surface area contributed by atoms with Crippen molar-refractivity contribution in [1.29, 1.82) is 0 Å². The van der Waals surface area contributed by atoms with Crippen molar-refractivity contribution >= 4 is 23.8 Å². The maximum atomic E-state index is 11.5. The Kier molecular flexibility index (Phi) is 4.38. The molecule has 1 saturated carbocycles. The fourth-order valence-corrected chi connectivity index (χ4v) is 3.99. The van der Waals surface area contributed by atoms with Crippen LogP contribution in [0.1, 0.15) is 32.3 Å². The molecule has 1 heterocycles. The maximum Gasteiger partial charge on any atom is 0.215 e. The summed E-state index contributed by atoms with van der Waals surface area (Å²) >= 11 is 11.2. The molecule has 1 aliphatic carbocycles. The van der Waals surface area contributed by atoms with Gasteiger partial charge in [-0.05, 0) is 60.5 Å². The van der Waals surface area contributed by atoms with Crippen LogP contribution in [0.4, 0.5) is 0 Å². The van der Waals surface area contributed by atoms with Crippen molar-refractivity contribution in [1.82, 2.24) is 14.8 Å². The van der Waals surface area contributed by atoms with E-state index in [1.807, 2.05) is 24.3 Å². The molecule has 2 atom stereocenters. The van der Waals surface area contributed by atoms with E-state index >= 15 is 0 Å². The summed E-state index contributed by atoms with van der Waals surface area (Å²) in [5.41, 5.74) is 0.185. The minimum atomic E-state index is -0.836. The largest absolute Gasteiger partial charge is 0.387 e. The minimum Gasteiger partial charge on any atom is -0.387 e. The van der Waals surface area contributed by atoms with Crippen molar-refractivity contribution in [3.05, 3.63) is 45.9 Å². The zero-order valence-corrected chi connectivity index (χ0v) is 15.0. The van der Waals surface area contributed by atoms with Crippen LogP contribution in [0.5, 0.6) is 0 Å². The summed E-state index contributed by atoms with van der Waals surface area (Å²) in [4.78, 5) is 4.05. The summed E-state index contributed by atoms with van der Waals surface area (Å²) in [5.74, 6) is 0.170. The topological polar surface area (TPSA) is 53.8 Å². The van der Waals surface area contributed by atoms with Gasteiger partial charge >= 0.3 is 0 Å². The van der Waals surface area contributed by atoms with Gasteiger partial charge in [-0.1, -0.05) is 37.6 Å². The highest BCUT2D eigenvalue weighted by molar-refractivity contribution is 7.71. The first-order valence-electron chi connectivity index (χ1n) is 7.89. The number of H-pyrrole nitrogens is 1. The number of aliphatic hydroxyl groups is 1. The molecule has 2 unspecified atom stereocenters. The summed E-state index contributed by atoms with van der Waals surface area (Å²) in [5, 5.41) is 15.3. The first kappa shape index (κ1) is 16.7. The second-order valence-electron chi connectivity index (χ2n) is 7.13. The second kappa shape index (κ2) is 6.04. The lowest BCUT2D eigenvalue weighted by molar-refractivity contribution is -0.0909. The standard InChI is InChI=1S/C17H22ClN3OS/c1-16(2)8-7-13(9-12-3-5-14(18)6-4-12)17(16,22)10-21-15(23)19-11-20-21/h3-6,11,13,22H,7-10H2,1-2H3,(H,19,20,23). The van der Waals surface area contributed by atoms with Crippen LogP contribution in [-0.4, -0.2) is 25.5 Å². The summed E-state index contributed by atoms with van der Waals surface area (Å²) in [6.45, 7) is 4.71. The van der Waals surface area contributed by atoms with E-state index in [4.69, 9.17) is 23.8 Å². The van der Waals surface area contributed by atoms with Gasteiger partial charge in [0.25, 0.3) is 0 Å². The Morgan fingerprint density at radius 2 is 2.09 bits per heavy atom. The summed E-state index contributed by atoms with van der Waals surface area (Å²) in [7, 11) is 0. The maximum absolute atomic E-state index is 11.5. The monoisotopic (exact) mass is 351 g/mol. The average Bonchev–Trinajstić information content (AvgIpc) is 2.98. The number of hydrogen-bond donors (Lipinski definition) is 2. The van der Waals surface area contributed by atoms with E-state index in [0.29, 0.717) is 11.3 Å². The molecule has 0 spiro atoms. The highest BCUT2D eigenvalue weighted by Crippen LogP contribution is 2.51. The van der Waals surface area contributed by atoms with Crippen molar-refractivity contribution < 1.29 is 5.11 Å². The predicted molar refractivity (Wildman–Crippen MR) is 94.0 cm³/mol. The van der Waals surface area contributed by atoms with Crippen LogP contribution >= 0.6 is 23.8 Å². The number of nitrogens with zero attached hydrogens (tertiary/aromatic N) is 2. The predicted octanol–water partition coefficient (Wildman–Crippen LogP) is 4.00. The van der Waals surface area contributed by atoms with Crippen molar-refractivity contribution in [2.75, 3.05) is 0 Å². The Morgan fingerprint density at radius 3 is 2.70 bits per heavy atom. The molecule has 124 valence electrons. The third-order valence-electron chi connectivity index (χ3n) is 5.38. The van der Waals surface area contributed by atoms with Crippen LogP contribution < -0.4 is 0 Å². The fraction of sp³-hybridized carbons (Fsp3) is 0.529. The van der Waals surface area contributed by atoms with Gasteiger partial charge in [-0.3, -0.25) is 9.78 Å². The lowest BCUT2D eigenvalue weighted by atomic mass is 9.72. The van der Waals surface area contributed by atoms with E-state index in [9.17, 15) is 5.11 Å². The van der Waals surface area contributed by atoms with Gasteiger partial charge in [-0.2, -0.15) is 0 Å². The molecule has 2 aromatic rings. The zero-order valence-electron chi connectivity index (χ0n) is 13.4. The Bertz CT molecular complexity index is 737. The second-order valence-corrected chi connectivity index (χ2v) is 7.93. The third-order valence-corrected chi connectivity index (χ3v) is 5.96. The molecular weight excluding hydrogens is 330 g/mol. The van der Waals surface area contributed by atoms with Crippen LogP contribution in [0.15, 0.2) is 30.6 Å². The Balaban J connectivity index is 1.88. The number of aromatic amines is 1. The molecule has 1 fully saturated rings. The zero-order chi connectivity index (χ0) is 16.7. The summed E-state index contributed by atoms with van der Waals surface area (Å²) < 4.78 is 2.24. The van der Waals surface area contributed by atoms with E-state index in [0.717, 1.165) is 24.3 Å². The summed E-state index contributed by atoms with van der Waals surface area (Å²) in [6.07, 6.45) is 4.39. The number of aromatic nitrogens is 3. The number of hydrogen-bond acceptors (Lipinski definition) is 3. The smallest absolute Gasteiger partial charge is 0.215 e. The molecule has 6 heteroatoms. The third kappa shape index (κ3) is 3.10. The average molecular weight is 352 g/mol. The van der Waals surface area contributed by atoms with Crippen LogP contribution in [0.3, 0.4) is 0 Å². The van der Waals surface area contributed by atoms with Gasteiger partial charge in [-0.15, -0.1) is 0 Å². The quantitative estimate of drug-likeness (QED) is 0.818. The van der Waals surface area contributed by atoms with Crippen LogP contribution in [0.2, 0.25) is 5.02 Å². The first-order valence-corrected chi connectivity index (χ1v) is 8.67. The molecule has 0 radical (unpaired) electrons. The van der Waals surface area contributed by atoms with Crippen LogP contribution in [0, 0.1) is 16.1 Å². The van der Waals surface area contributed by atoms with Gasteiger partial charge in [0.05, 0.1) is 12.1 Å². The van der Waals surface area contributed by atoms with E-state index in [1.165, 1.54) is 5.56 Å². The number of rotatable bonds is 4. The van der Waals surface area contributed by atoms with Crippen LogP contribution in [0.25, 0.3) is 0 Å². The van der Waals surface area contributed by atoms with Gasteiger partial charge in [0, 0.05) is 5.02 Å². The van der Waals surface area contributed by atoms with Crippen molar-refractivity contribution in [3.63, 3.8) is 0 Å². The number of halogens is 1. The molecule has 0 saturated heterocycles. The minimum absolute atomic E-state index is 0.170. The lowest BCUT2D eigenvalue weighted by Crippen LogP contribution is -2.49. The van der Waals surface area contributed by atoms with Gasteiger partial charge in [0.2, 0.25) is 4.77 Å². The van der Waals surface area contributed by atoms with E-state index in [-0.39, 0.29) is 11.3 Å². The molecule has 3 rings (SSSR count). The molecule has 23 heavy (non-hydrogen) atoms. The molecule has 1 aromatic heterocycles. The Labute approximate surface area is 146 Å². The molecule has 1 aliphatic rings. The first-order chi connectivity index (χ1) is 10.8. The fourth-order valence-electron chi connectivity index (χ4n) is 3.69. The normalized spacial score (nSPS) is 26.5. The van der Waals surface area contributed by atoms with Gasteiger partial charge in [0.1, 0.15) is 6.33 Å². The molecular formula is C17H22ClN3OS. The van der Waals surface area contributed by atoms with Gasteiger partial charge in [-0.25, -0.2) is 4.98 Å². The Morgan fingerprint density at radius 1 is 1.39 bits per heavy atom. The summed E-state index contributed by atoms with van der Waals surface area (Å²) in [6, 6.07) is 7.88. The van der Waals surface area contributed by atoms with Crippen molar-refractivity contribution in [2.24, 2.45) is 11.3 Å². The molecule has 0 bridgehead atoms. The number of benzene rings is 1. The molecule has 2 N–H and O–H groups in total. The van der Waals surface area contributed by atoms with Crippen molar-refractivity contribution in [2.45, 2.75) is 45.3 Å². The molecule has 0 amide bonds. The van der Waals surface area contributed by atoms with E-state index in [2.05, 4.69) is 23.9 Å². The van der Waals surface area contributed by atoms with Gasteiger partial charge in [0.15, 0.2) is 0 Å². The Hall–Kier alpha value is -1.17. The van der Waals surface area contributed by atoms with E-state index in [1.54, 1.807) is 11.0 Å². The lowest BCUT2D eigenvalue weighted by Gasteiger charge is -2.41. The molecule has 1 aromatic carbocycles. The van der Waals surface area contributed by atoms with Crippen molar-refractivity contribution in [3.8, 4) is 0 Å². The van der Waals surface area contributed by atoms with E-state index < -0.39 is 5.60 Å². The van der Waals surface area contributed by atoms with Gasteiger partial charge < -0.3 is 5.11 Å². The van der Waals surface area contributed by atoms with Crippen LogP contribution in [-0.2, 0) is 13.0 Å².